The summed E-state index contributed by atoms with van der Waals surface area (Å²) in [6, 6.07) is 1.77. The minimum absolute atomic E-state index is 0.236. The van der Waals surface area contributed by atoms with E-state index in [1.165, 1.54) is 0 Å². The van der Waals surface area contributed by atoms with Gasteiger partial charge in [0.1, 0.15) is 11.9 Å². The molecule has 2 unspecified atom stereocenters. The molecule has 0 amide bonds. The van der Waals surface area contributed by atoms with Crippen molar-refractivity contribution < 1.29 is 19.1 Å². The number of carboxylic acids is 1. The van der Waals surface area contributed by atoms with E-state index in [1.54, 1.807) is 12.3 Å². The lowest BCUT2D eigenvalue weighted by Crippen LogP contribution is -2.18. The number of carboxylic acid groups (broad SMARTS) is 1. The first-order valence-electron chi connectivity index (χ1n) is 4.29. The standard InChI is InChI=1S/C9H9BrO4/c10-5-3-4-13-8(5)6-1-2-7(14-6)9(11)12/h3-4,6-7H,1-2H2,(H,11,12). The van der Waals surface area contributed by atoms with Crippen molar-refractivity contribution in [2.75, 3.05) is 0 Å². The molecule has 1 saturated heterocycles. The molecular formula is C9H9BrO4. The Hall–Kier alpha value is -0.810. The molecule has 1 aliphatic rings. The second kappa shape index (κ2) is 3.74. The van der Waals surface area contributed by atoms with Crippen LogP contribution in [0, 0.1) is 0 Å². The van der Waals surface area contributed by atoms with Crippen LogP contribution >= 0.6 is 15.9 Å². The van der Waals surface area contributed by atoms with Gasteiger partial charge in [0, 0.05) is 0 Å². The number of hydrogen-bond donors (Lipinski definition) is 1. The van der Waals surface area contributed by atoms with Crippen LogP contribution in [0.25, 0.3) is 0 Å². The zero-order chi connectivity index (χ0) is 10.1. The molecular weight excluding hydrogens is 252 g/mol. The fourth-order valence-electron chi connectivity index (χ4n) is 1.55. The van der Waals surface area contributed by atoms with Crippen LogP contribution in [0.2, 0.25) is 0 Å². The van der Waals surface area contributed by atoms with Crippen LogP contribution < -0.4 is 0 Å². The Balaban J connectivity index is 2.10. The van der Waals surface area contributed by atoms with Gasteiger partial charge in [0.25, 0.3) is 0 Å². The van der Waals surface area contributed by atoms with Crippen LogP contribution in [0.1, 0.15) is 24.7 Å². The number of carbonyl (C=O) groups is 1. The lowest BCUT2D eigenvalue weighted by atomic mass is 10.1. The van der Waals surface area contributed by atoms with Crippen LogP contribution in [0.15, 0.2) is 21.2 Å². The highest BCUT2D eigenvalue weighted by Crippen LogP contribution is 2.36. The first-order chi connectivity index (χ1) is 6.68. The van der Waals surface area contributed by atoms with E-state index in [0.717, 1.165) is 4.47 Å². The lowest BCUT2D eigenvalue weighted by molar-refractivity contribution is -0.149. The fraction of sp³-hybridized carbons (Fsp3) is 0.444. The normalized spacial score (nSPS) is 26.6. The van der Waals surface area contributed by atoms with Crippen molar-refractivity contribution >= 4 is 21.9 Å². The number of rotatable bonds is 2. The highest BCUT2D eigenvalue weighted by Gasteiger charge is 2.33. The van der Waals surface area contributed by atoms with Gasteiger partial charge in [0.2, 0.25) is 0 Å². The van der Waals surface area contributed by atoms with Gasteiger partial charge in [0.15, 0.2) is 6.10 Å². The topological polar surface area (TPSA) is 59.7 Å². The fourth-order valence-corrected chi connectivity index (χ4v) is 2.00. The third kappa shape index (κ3) is 1.69. The zero-order valence-corrected chi connectivity index (χ0v) is 8.86. The summed E-state index contributed by atoms with van der Waals surface area (Å²) in [5.74, 6) is -0.232. The van der Waals surface area contributed by atoms with E-state index in [0.29, 0.717) is 18.6 Å². The zero-order valence-electron chi connectivity index (χ0n) is 7.27. The van der Waals surface area contributed by atoms with Gasteiger partial charge >= 0.3 is 5.97 Å². The monoisotopic (exact) mass is 260 g/mol. The smallest absolute Gasteiger partial charge is 0.332 e. The second-order valence-electron chi connectivity index (χ2n) is 3.16. The minimum Gasteiger partial charge on any atom is -0.479 e. The SMILES string of the molecule is O=C(O)C1CCC(c2occc2Br)O1. The molecule has 4 nitrogen and oxygen atoms in total. The second-order valence-corrected chi connectivity index (χ2v) is 4.02. The van der Waals surface area contributed by atoms with Crippen molar-refractivity contribution in [3.05, 3.63) is 22.6 Å². The molecule has 2 rings (SSSR count). The van der Waals surface area contributed by atoms with Crippen molar-refractivity contribution in [3.63, 3.8) is 0 Å². The predicted octanol–water partition coefficient (Wildman–Crippen LogP) is 2.35. The van der Waals surface area contributed by atoms with E-state index in [2.05, 4.69) is 15.9 Å². The highest BCUT2D eigenvalue weighted by molar-refractivity contribution is 9.10. The molecule has 2 heterocycles. The van der Waals surface area contributed by atoms with Gasteiger partial charge < -0.3 is 14.3 Å². The molecule has 1 aromatic heterocycles. The van der Waals surface area contributed by atoms with Gasteiger partial charge in [-0.2, -0.15) is 0 Å². The largest absolute Gasteiger partial charge is 0.479 e. The van der Waals surface area contributed by atoms with Crippen molar-refractivity contribution in [1.29, 1.82) is 0 Å². The minimum atomic E-state index is -0.907. The first-order valence-corrected chi connectivity index (χ1v) is 5.09. The summed E-state index contributed by atoms with van der Waals surface area (Å²) in [6.07, 6.45) is 1.84. The Morgan fingerprint density at radius 1 is 1.57 bits per heavy atom. The average molecular weight is 261 g/mol. The highest BCUT2D eigenvalue weighted by atomic mass is 79.9. The Morgan fingerprint density at radius 2 is 2.36 bits per heavy atom. The molecule has 0 spiro atoms. The van der Waals surface area contributed by atoms with Gasteiger partial charge in [0.05, 0.1) is 10.7 Å². The summed E-state index contributed by atoms with van der Waals surface area (Å²) < 4.78 is 11.4. The van der Waals surface area contributed by atoms with Crippen LogP contribution in [0.5, 0.6) is 0 Å². The van der Waals surface area contributed by atoms with E-state index in [4.69, 9.17) is 14.3 Å². The average Bonchev–Trinajstić information content (AvgIpc) is 2.71. The summed E-state index contributed by atoms with van der Waals surface area (Å²) in [7, 11) is 0. The Morgan fingerprint density at radius 3 is 2.86 bits per heavy atom. The molecule has 0 aliphatic carbocycles. The number of furan rings is 1. The molecule has 5 heteroatoms. The lowest BCUT2D eigenvalue weighted by Gasteiger charge is -2.08. The van der Waals surface area contributed by atoms with E-state index >= 15 is 0 Å². The molecule has 1 aromatic rings. The van der Waals surface area contributed by atoms with Gasteiger partial charge in [-0.15, -0.1) is 0 Å². The molecule has 0 radical (unpaired) electrons. The summed E-state index contributed by atoms with van der Waals surface area (Å²) in [4.78, 5) is 10.6. The molecule has 2 atom stereocenters. The van der Waals surface area contributed by atoms with E-state index in [-0.39, 0.29) is 6.10 Å². The molecule has 14 heavy (non-hydrogen) atoms. The molecule has 1 fully saturated rings. The van der Waals surface area contributed by atoms with Gasteiger partial charge in [-0.05, 0) is 34.8 Å². The van der Waals surface area contributed by atoms with E-state index < -0.39 is 12.1 Å². The van der Waals surface area contributed by atoms with Crippen LogP contribution in [-0.2, 0) is 9.53 Å². The van der Waals surface area contributed by atoms with Crippen molar-refractivity contribution in [3.8, 4) is 0 Å². The Labute approximate surface area is 89.0 Å². The number of hydrogen-bond acceptors (Lipinski definition) is 3. The quantitative estimate of drug-likeness (QED) is 0.887. The third-order valence-corrected chi connectivity index (χ3v) is 2.89. The Bertz CT molecular complexity index is 346. The molecule has 0 saturated carbocycles. The van der Waals surface area contributed by atoms with Gasteiger partial charge in [-0.1, -0.05) is 0 Å². The summed E-state index contributed by atoms with van der Waals surface area (Å²) in [5, 5.41) is 8.73. The maximum atomic E-state index is 10.6. The summed E-state index contributed by atoms with van der Waals surface area (Å²) in [6.45, 7) is 0. The summed E-state index contributed by atoms with van der Waals surface area (Å²) in [5.41, 5.74) is 0. The van der Waals surface area contributed by atoms with Gasteiger partial charge in [-0.3, -0.25) is 0 Å². The van der Waals surface area contributed by atoms with Crippen LogP contribution in [0.3, 0.4) is 0 Å². The maximum absolute atomic E-state index is 10.6. The molecule has 1 N–H and O–H groups in total. The van der Waals surface area contributed by atoms with Crippen molar-refractivity contribution in [2.24, 2.45) is 0 Å². The Kier molecular flexibility index (Phi) is 2.60. The predicted molar refractivity (Wildman–Crippen MR) is 50.9 cm³/mol. The van der Waals surface area contributed by atoms with Crippen LogP contribution in [-0.4, -0.2) is 17.2 Å². The third-order valence-electron chi connectivity index (χ3n) is 2.23. The molecule has 76 valence electrons. The number of halogens is 1. The van der Waals surface area contributed by atoms with E-state index in [1.807, 2.05) is 0 Å². The first kappa shape index (κ1) is 9.73. The molecule has 1 aliphatic heterocycles. The summed E-state index contributed by atoms with van der Waals surface area (Å²) >= 11 is 3.31. The van der Waals surface area contributed by atoms with Crippen molar-refractivity contribution in [1.82, 2.24) is 0 Å². The molecule has 0 bridgehead atoms. The van der Waals surface area contributed by atoms with Crippen molar-refractivity contribution in [2.45, 2.75) is 25.0 Å². The van der Waals surface area contributed by atoms with E-state index in [9.17, 15) is 4.79 Å². The van der Waals surface area contributed by atoms with Gasteiger partial charge in [-0.25, -0.2) is 4.79 Å². The number of aliphatic carboxylic acids is 1. The van der Waals surface area contributed by atoms with Crippen LogP contribution in [0.4, 0.5) is 0 Å². The number of ether oxygens (including phenoxy) is 1. The molecule has 0 aromatic carbocycles. The maximum Gasteiger partial charge on any atom is 0.332 e.